The smallest absolute Gasteiger partial charge is 0.336 e. The third-order valence-corrected chi connectivity index (χ3v) is 6.86. The highest BCUT2D eigenvalue weighted by Crippen LogP contribution is 2.47. The molecule has 1 aliphatic carbocycles. The fourth-order valence-corrected chi connectivity index (χ4v) is 5.10. The van der Waals surface area contributed by atoms with Crippen molar-refractivity contribution >= 4 is 23.4 Å². The van der Waals surface area contributed by atoms with E-state index in [0.717, 1.165) is 22.6 Å². The molecule has 1 aliphatic heterocycles. The molecule has 1 N–H and O–H groups in total. The number of nitrogens with one attached hydrogen (secondary N) is 1. The van der Waals surface area contributed by atoms with Gasteiger partial charge in [-0.2, -0.15) is 0 Å². The van der Waals surface area contributed by atoms with Gasteiger partial charge < -0.3 is 19.5 Å². The van der Waals surface area contributed by atoms with Gasteiger partial charge in [0.05, 0.1) is 19.3 Å². The number of hydrogen-bond acceptors (Lipinski definition) is 6. The van der Waals surface area contributed by atoms with Crippen LogP contribution in [0.2, 0.25) is 5.02 Å². The van der Waals surface area contributed by atoms with Crippen LogP contribution in [0, 0.1) is 0 Å². The molecule has 2 aromatic rings. The van der Waals surface area contributed by atoms with E-state index in [1.807, 2.05) is 56.3 Å². The zero-order chi connectivity index (χ0) is 24.9. The minimum atomic E-state index is -0.594. The Hall–Kier alpha value is -3.09. The fourth-order valence-electron chi connectivity index (χ4n) is 4.86. The lowest BCUT2D eigenvalue weighted by Gasteiger charge is -2.37. The predicted molar refractivity (Wildman–Crippen MR) is 134 cm³/mol. The molecule has 35 heavy (non-hydrogen) atoms. The molecule has 0 saturated heterocycles. The minimum absolute atomic E-state index is 0.00314. The molecule has 0 bridgehead atoms. The molecule has 2 atom stereocenters. The first kappa shape index (κ1) is 25.0. The second-order valence-electron chi connectivity index (χ2n) is 8.64. The molecule has 0 spiro atoms. The van der Waals surface area contributed by atoms with E-state index >= 15 is 0 Å². The second kappa shape index (κ2) is 11.1. The molecule has 0 amide bonds. The summed E-state index contributed by atoms with van der Waals surface area (Å²) in [5, 5.41) is 3.86. The zero-order valence-corrected chi connectivity index (χ0v) is 21.0. The third-order valence-electron chi connectivity index (χ3n) is 6.52. The number of carbonyl (C=O) groups is 2. The molecule has 7 heteroatoms. The van der Waals surface area contributed by atoms with Gasteiger partial charge in [-0.25, -0.2) is 4.79 Å². The first-order chi connectivity index (χ1) is 16.9. The van der Waals surface area contributed by atoms with Crippen molar-refractivity contribution in [1.82, 2.24) is 5.32 Å². The van der Waals surface area contributed by atoms with Crippen LogP contribution in [-0.2, 0) is 19.1 Å². The molecule has 0 unspecified atom stereocenters. The minimum Gasteiger partial charge on any atom is -0.497 e. The monoisotopic (exact) mass is 495 g/mol. The molecule has 6 nitrogen and oxygen atoms in total. The fraction of sp³-hybridized carbons (Fsp3) is 0.357. The van der Waals surface area contributed by atoms with Crippen LogP contribution in [-0.4, -0.2) is 38.7 Å². The lowest BCUT2D eigenvalue weighted by molar-refractivity contribution is -0.140. The number of rotatable bonds is 8. The SMILES string of the molecule is CCOCCOC(=O)C1=C(C)NC2=C(C(=O)C[C@@H](c3ccc(OC)cc3)C2)[C@H]1c1ccccc1Cl. The Bertz CT molecular complexity index is 1170. The van der Waals surface area contributed by atoms with Gasteiger partial charge in [0.1, 0.15) is 12.4 Å². The maximum absolute atomic E-state index is 13.6. The molecule has 2 aliphatic rings. The Morgan fingerprint density at radius 1 is 1.09 bits per heavy atom. The van der Waals surface area contributed by atoms with E-state index in [-0.39, 0.29) is 18.3 Å². The van der Waals surface area contributed by atoms with Crippen molar-refractivity contribution in [3.8, 4) is 5.75 Å². The van der Waals surface area contributed by atoms with E-state index in [0.29, 0.717) is 47.9 Å². The quantitative estimate of drug-likeness (QED) is 0.396. The van der Waals surface area contributed by atoms with Crippen molar-refractivity contribution in [3.05, 3.63) is 87.2 Å². The molecular weight excluding hydrogens is 466 g/mol. The van der Waals surface area contributed by atoms with Gasteiger partial charge in [-0.15, -0.1) is 0 Å². The third kappa shape index (κ3) is 5.29. The van der Waals surface area contributed by atoms with Crippen molar-refractivity contribution < 1.29 is 23.8 Å². The van der Waals surface area contributed by atoms with Gasteiger partial charge >= 0.3 is 5.97 Å². The average Bonchev–Trinajstić information content (AvgIpc) is 2.86. The van der Waals surface area contributed by atoms with Crippen LogP contribution in [0.5, 0.6) is 5.75 Å². The molecule has 0 fully saturated rings. The molecule has 2 aromatic carbocycles. The summed E-state index contributed by atoms with van der Waals surface area (Å²) in [5.41, 5.74) is 4.28. The van der Waals surface area contributed by atoms with Crippen LogP contribution < -0.4 is 10.1 Å². The van der Waals surface area contributed by atoms with Crippen molar-refractivity contribution in [3.63, 3.8) is 0 Å². The molecule has 184 valence electrons. The summed E-state index contributed by atoms with van der Waals surface area (Å²) in [6, 6.07) is 15.2. The molecule has 4 rings (SSSR count). The number of allylic oxidation sites excluding steroid dienone is 3. The Balaban J connectivity index is 1.70. The Morgan fingerprint density at radius 2 is 1.83 bits per heavy atom. The van der Waals surface area contributed by atoms with Crippen molar-refractivity contribution in [2.45, 2.75) is 38.5 Å². The summed E-state index contributed by atoms with van der Waals surface area (Å²) in [5.74, 6) is -0.271. The standard InChI is InChI=1S/C28H30ClNO5/c1-4-34-13-14-35-28(32)25-17(2)30-23-15-19(18-9-11-20(33-3)12-10-18)16-24(31)27(23)26(25)21-7-5-6-8-22(21)29/h5-12,19,26,30H,4,13-16H2,1-3H3/t19-,26-/m0/s1. The second-order valence-corrected chi connectivity index (χ2v) is 9.05. The maximum atomic E-state index is 13.6. The van der Waals surface area contributed by atoms with Gasteiger partial charge in [0.2, 0.25) is 0 Å². The van der Waals surface area contributed by atoms with E-state index < -0.39 is 11.9 Å². The lowest BCUT2D eigenvalue weighted by atomic mass is 9.71. The van der Waals surface area contributed by atoms with Gasteiger partial charge in [0.25, 0.3) is 0 Å². The summed E-state index contributed by atoms with van der Waals surface area (Å²) in [4.78, 5) is 26.9. The number of carbonyl (C=O) groups excluding carboxylic acids is 2. The summed E-state index contributed by atoms with van der Waals surface area (Å²) < 4.78 is 16.1. The van der Waals surface area contributed by atoms with E-state index in [2.05, 4.69) is 5.32 Å². The van der Waals surface area contributed by atoms with Gasteiger partial charge in [0, 0.05) is 40.9 Å². The highest BCUT2D eigenvalue weighted by atomic mass is 35.5. The van der Waals surface area contributed by atoms with Crippen molar-refractivity contribution in [2.75, 3.05) is 26.9 Å². The van der Waals surface area contributed by atoms with Crippen LogP contribution in [0.15, 0.2) is 71.1 Å². The van der Waals surface area contributed by atoms with E-state index in [1.54, 1.807) is 13.2 Å². The molecule has 0 aromatic heterocycles. The first-order valence-electron chi connectivity index (χ1n) is 11.8. The number of dihydropyridines is 1. The summed E-state index contributed by atoms with van der Waals surface area (Å²) >= 11 is 6.59. The highest BCUT2D eigenvalue weighted by molar-refractivity contribution is 6.31. The van der Waals surface area contributed by atoms with Gasteiger partial charge in [-0.05, 0) is 55.5 Å². The van der Waals surface area contributed by atoms with Crippen LogP contribution in [0.25, 0.3) is 0 Å². The maximum Gasteiger partial charge on any atom is 0.336 e. The molecule has 1 heterocycles. The number of ketones is 1. The number of halogens is 1. The topological polar surface area (TPSA) is 73.9 Å². The summed E-state index contributed by atoms with van der Waals surface area (Å²) in [6.45, 7) is 4.72. The number of methoxy groups -OCH3 is 1. The lowest BCUT2D eigenvalue weighted by Crippen LogP contribution is -2.36. The highest BCUT2D eigenvalue weighted by Gasteiger charge is 2.42. The molecule has 0 radical (unpaired) electrons. The van der Waals surface area contributed by atoms with E-state index in [9.17, 15) is 9.59 Å². The summed E-state index contributed by atoms with van der Waals surface area (Å²) in [7, 11) is 1.63. The van der Waals surface area contributed by atoms with E-state index in [4.69, 9.17) is 25.8 Å². The zero-order valence-electron chi connectivity index (χ0n) is 20.2. The first-order valence-corrected chi connectivity index (χ1v) is 12.2. The van der Waals surface area contributed by atoms with Crippen LogP contribution in [0.1, 0.15) is 49.7 Å². The number of benzene rings is 2. The Labute approximate surface area is 210 Å². The van der Waals surface area contributed by atoms with Gasteiger partial charge in [-0.1, -0.05) is 41.9 Å². The van der Waals surface area contributed by atoms with Gasteiger partial charge in [0.15, 0.2) is 5.78 Å². The normalized spacial score (nSPS) is 19.8. The van der Waals surface area contributed by atoms with Crippen molar-refractivity contribution in [1.29, 1.82) is 0 Å². The number of esters is 1. The average molecular weight is 496 g/mol. The Kier molecular flexibility index (Phi) is 7.93. The predicted octanol–water partition coefficient (Wildman–Crippen LogP) is 5.29. The van der Waals surface area contributed by atoms with Crippen LogP contribution in [0.4, 0.5) is 0 Å². The molecular formula is C28H30ClNO5. The van der Waals surface area contributed by atoms with E-state index in [1.165, 1.54) is 0 Å². The molecule has 0 saturated carbocycles. The number of Topliss-reactive ketones (excluding diaryl/α,β-unsaturated/α-hetero) is 1. The summed E-state index contributed by atoms with van der Waals surface area (Å²) in [6.07, 6.45) is 0.998. The van der Waals surface area contributed by atoms with Crippen LogP contribution >= 0.6 is 11.6 Å². The van der Waals surface area contributed by atoms with Crippen LogP contribution in [0.3, 0.4) is 0 Å². The largest absolute Gasteiger partial charge is 0.497 e. The Morgan fingerprint density at radius 3 is 2.51 bits per heavy atom. The number of hydrogen-bond donors (Lipinski definition) is 1. The number of ether oxygens (including phenoxy) is 3. The van der Waals surface area contributed by atoms with Gasteiger partial charge in [-0.3, -0.25) is 4.79 Å². The van der Waals surface area contributed by atoms with Crippen molar-refractivity contribution in [2.24, 2.45) is 0 Å².